The van der Waals surface area contributed by atoms with Crippen molar-refractivity contribution in [3.63, 3.8) is 0 Å². The Bertz CT molecular complexity index is 524. The second-order valence-corrected chi connectivity index (χ2v) is 6.50. The van der Waals surface area contributed by atoms with Gasteiger partial charge in [0.2, 0.25) is 5.91 Å². The molecule has 3 rings (SSSR count). The van der Waals surface area contributed by atoms with Gasteiger partial charge < -0.3 is 5.32 Å². The Balaban J connectivity index is 1.54. The molecular formula is C14H19N3O2S. The Kier molecular flexibility index (Phi) is 3.76. The average Bonchev–Trinajstić information content (AvgIpc) is 3.11. The van der Waals surface area contributed by atoms with Crippen molar-refractivity contribution in [2.45, 2.75) is 44.8 Å². The topological polar surface area (TPSA) is 61.4 Å². The van der Waals surface area contributed by atoms with Gasteiger partial charge in [0.05, 0.1) is 6.04 Å². The van der Waals surface area contributed by atoms with Crippen molar-refractivity contribution in [1.82, 2.24) is 15.5 Å². The molecule has 0 aromatic carbocycles. The largest absolute Gasteiger partial charge is 0.335 e. The van der Waals surface area contributed by atoms with Gasteiger partial charge in [-0.25, -0.2) is 4.79 Å². The lowest BCUT2D eigenvalue weighted by Gasteiger charge is -2.31. The Morgan fingerprint density at radius 3 is 3.00 bits per heavy atom. The van der Waals surface area contributed by atoms with E-state index < -0.39 is 0 Å². The Morgan fingerprint density at radius 1 is 1.45 bits per heavy atom. The van der Waals surface area contributed by atoms with Crippen LogP contribution in [0.5, 0.6) is 0 Å². The molecule has 1 fully saturated rings. The zero-order chi connectivity index (χ0) is 14.1. The van der Waals surface area contributed by atoms with Gasteiger partial charge in [-0.15, -0.1) is 11.3 Å². The summed E-state index contributed by atoms with van der Waals surface area (Å²) in [4.78, 5) is 27.2. The van der Waals surface area contributed by atoms with Crippen molar-refractivity contribution >= 4 is 23.3 Å². The van der Waals surface area contributed by atoms with Crippen LogP contribution in [0.3, 0.4) is 0 Å². The maximum atomic E-state index is 12.1. The molecule has 5 nitrogen and oxygen atoms in total. The van der Waals surface area contributed by atoms with E-state index in [9.17, 15) is 9.59 Å². The number of imide groups is 1. The summed E-state index contributed by atoms with van der Waals surface area (Å²) < 4.78 is 0. The van der Waals surface area contributed by atoms with Gasteiger partial charge in [0, 0.05) is 24.0 Å². The monoisotopic (exact) mass is 293 g/mol. The molecular weight excluding hydrogens is 274 g/mol. The van der Waals surface area contributed by atoms with Crippen molar-refractivity contribution in [2.75, 3.05) is 6.54 Å². The van der Waals surface area contributed by atoms with Crippen LogP contribution in [-0.4, -0.2) is 35.5 Å². The van der Waals surface area contributed by atoms with Crippen LogP contribution in [0.15, 0.2) is 11.4 Å². The van der Waals surface area contributed by atoms with E-state index in [-0.39, 0.29) is 24.0 Å². The smallest absolute Gasteiger partial charge is 0.321 e. The maximum Gasteiger partial charge on any atom is 0.321 e. The summed E-state index contributed by atoms with van der Waals surface area (Å²) in [5.41, 5.74) is 1.31. The molecule has 1 aromatic heterocycles. The number of amides is 3. The highest BCUT2D eigenvalue weighted by Crippen LogP contribution is 2.25. The van der Waals surface area contributed by atoms with Gasteiger partial charge in [-0.2, -0.15) is 0 Å². The summed E-state index contributed by atoms with van der Waals surface area (Å²) in [6, 6.07) is 1.74. The molecule has 20 heavy (non-hydrogen) atoms. The van der Waals surface area contributed by atoms with Gasteiger partial charge in [0.25, 0.3) is 0 Å². The molecule has 1 atom stereocenters. The summed E-state index contributed by atoms with van der Waals surface area (Å²) in [5, 5.41) is 7.30. The summed E-state index contributed by atoms with van der Waals surface area (Å²) >= 11 is 1.78. The van der Waals surface area contributed by atoms with E-state index in [1.165, 1.54) is 10.4 Å². The van der Waals surface area contributed by atoms with Crippen molar-refractivity contribution in [1.29, 1.82) is 0 Å². The molecule has 0 saturated heterocycles. The molecule has 1 saturated carbocycles. The molecule has 1 aliphatic carbocycles. The first-order valence-corrected chi connectivity index (χ1v) is 7.92. The lowest BCUT2D eigenvalue weighted by atomic mass is 10.1. The van der Waals surface area contributed by atoms with Crippen LogP contribution in [-0.2, 0) is 17.8 Å². The first kappa shape index (κ1) is 13.6. The molecule has 2 heterocycles. The van der Waals surface area contributed by atoms with E-state index in [4.69, 9.17) is 0 Å². The van der Waals surface area contributed by atoms with Crippen molar-refractivity contribution in [3.8, 4) is 0 Å². The number of rotatable bonds is 3. The number of fused-ring (bicyclic) bond motifs is 1. The van der Waals surface area contributed by atoms with Crippen LogP contribution >= 0.6 is 11.3 Å². The molecule has 1 unspecified atom stereocenters. The highest BCUT2D eigenvalue weighted by atomic mass is 32.1. The SMILES string of the molecule is CC(C(=O)NC(=O)NC1CC1)N1CCc2sccc2C1. The van der Waals surface area contributed by atoms with Crippen molar-refractivity contribution in [3.05, 3.63) is 21.9 Å². The minimum absolute atomic E-state index is 0.221. The van der Waals surface area contributed by atoms with Crippen LogP contribution in [0.25, 0.3) is 0 Å². The quantitative estimate of drug-likeness (QED) is 0.887. The van der Waals surface area contributed by atoms with Gasteiger partial charge in [-0.05, 0) is 43.2 Å². The van der Waals surface area contributed by atoms with Gasteiger partial charge >= 0.3 is 6.03 Å². The first-order chi connectivity index (χ1) is 9.63. The van der Waals surface area contributed by atoms with E-state index in [0.29, 0.717) is 0 Å². The Hall–Kier alpha value is -1.40. The zero-order valence-corrected chi connectivity index (χ0v) is 12.3. The van der Waals surface area contributed by atoms with Gasteiger partial charge in [-0.3, -0.25) is 15.0 Å². The Morgan fingerprint density at radius 2 is 2.25 bits per heavy atom. The highest BCUT2D eigenvalue weighted by molar-refractivity contribution is 7.10. The van der Waals surface area contributed by atoms with Crippen LogP contribution in [0.2, 0.25) is 0 Å². The fourth-order valence-electron chi connectivity index (χ4n) is 2.43. The molecule has 0 spiro atoms. The van der Waals surface area contributed by atoms with Crippen LogP contribution in [0.1, 0.15) is 30.2 Å². The predicted molar refractivity (Wildman–Crippen MR) is 77.6 cm³/mol. The molecule has 2 aliphatic rings. The summed E-state index contributed by atoms with van der Waals surface area (Å²) in [7, 11) is 0. The predicted octanol–water partition coefficient (Wildman–Crippen LogP) is 1.48. The molecule has 108 valence electrons. The number of hydrogen-bond donors (Lipinski definition) is 2. The first-order valence-electron chi connectivity index (χ1n) is 7.04. The summed E-state index contributed by atoms with van der Waals surface area (Å²) in [6.07, 6.45) is 3.02. The van der Waals surface area contributed by atoms with Crippen LogP contribution in [0, 0.1) is 0 Å². The van der Waals surface area contributed by atoms with Gasteiger partial charge in [0.15, 0.2) is 0 Å². The third-order valence-corrected chi connectivity index (χ3v) is 4.94. The van der Waals surface area contributed by atoms with Crippen molar-refractivity contribution < 1.29 is 9.59 Å². The molecule has 3 amide bonds. The third-order valence-electron chi connectivity index (χ3n) is 3.91. The molecule has 2 N–H and O–H groups in total. The zero-order valence-electron chi connectivity index (χ0n) is 11.5. The van der Waals surface area contributed by atoms with Crippen LogP contribution in [0.4, 0.5) is 4.79 Å². The number of nitrogens with one attached hydrogen (secondary N) is 2. The van der Waals surface area contributed by atoms with E-state index in [1.54, 1.807) is 11.3 Å². The molecule has 0 bridgehead atoms. The minimum atomic E-state index is -0.363. The minimum Gasteiger partial charge on any atom is -0.335 e. The van der Waals surface area contributed by atoms with E-state index in [0.717, 1.165) is 32.4 Å². The third kappa shape index (κ3) is 3.02. The number of thiophene rings is 1. The number of urea groups is 1. The van der Waals surface area contributed by atoms with Gasteiger partial charge in [-0.1, -0.05) is 0 Å². The second-order valence-electron chi connectivity index (χ2n) is 5.50. The van der Waals surface area contributed by atoms with E-state index >= 15 is 0 Å². The molecule has 0 radical (unpaired) electrons. The van der Waals surface area contributed by atoms with Crippen LogP contribution < -0.4 is 10.6 Å². The lowest BCUT2D eigenvalue weighted by Crippen LogP contribution is -2.50. The maximum absolute atomic E-state index is 12.1. The number of hydrogen-bond acceptors (Lipinski definition) is 4. The fraction of sp³-hybridized carbons (Fsp3) is 0.571. The lowest BCUT2D eigenvalue weighted by molar-refractivity contribution is -0.125. The molecule has 1 aromatic rings. The van der Waals surface area contributed by atoms with E-state index in [2.05, 4.69) is 27.0 Å². The second kappa shape index (κ2) is 5.54. The standard InChI is InChI=1S/C14H19N3O2S/c1-9(13(18)16-14(19)15-11-2-3-11)17-6-4-12-10(8-17)5-7-20-12/h5,7,9,11H,2-4,6,8H2,1H3,(H2,15,16,18,19). The Labute approximate surface area is 122 Å². The average molecular weight is 293 g/mol. The molecule has 6 heteroatoms. The summed E-state index contributed by atoms with van der Waals surface area (Å²) in [6.45, 7) is 3.51. The van der Waals surface area contributed by atoms with Gasteiger partial charge in [0.1, 0.15) is 0 Å². The number of carbonyl (C=O) groups excluding carboxylic acids is 2. The van der Waals surface area contributed by atoms with Crippen molar-refractivity contribution in [2.24, 2.45) is 0 Å². The fourth-order valence-corrected chi connectivity index (χ4v) is 3.32. The number of carbonyl (C=O) groups is 2. The normalized spacial score (nSPS) is 20.1. The highest BCUT2D eigenvalue weighted by Gasteiger charge is 2.28. The molecule has 1 aliphatic heterocycles. The number of nitrogens with zero attached hydrogens (tertiary/aromatic N) is 1. The van der Waals surface area contributed by atoms with E-state index in [1.807, 2.05) is 6.92 Å². The summed E-state index contributed by atoms with van der Waals surface area (Å²) in [5.74, 6) is -0.221.